The van der Waals surface area contributed by atoms with Crippen LogP contribution in [-0.4, -0.2) is 10.2 Å². The van der Waals surface area contributed by atoms with Gasteiger partial charge in [0.2, 0.25) is 0 Å². The summed E-state index contributed by atoms with van der Waals surface area (Å²) in [6, 6.07) is 18.5. The lowest BCUT2D eigenvalue weighted by Gasteiger charge is -2.13. The number of benzene rings is 2. The number of rotatable bonds is 2. The Hall–Kier alpha value is -2.42. The molecule has 0 aliphatic carbocycles. The Bertz CT molecular complexity index is 805. The van der Waals surface area contributed by atoms with E-state index in [1.165, 1.54) is 16.7 Å². The Morgan fingerprint density at radius 3 is 2.41 bits per heavy atom. The van der Waals surface area contributed by atoms with Crippen LogP contribution in [0.4, 0.5) is 5.69 Å². The molecule has 22 heavy (non-hydrogen) atoms. The molecule has 0 N–H and O–H groups in total. The van der Waals surface area contributed by atoms with Crippen molar-refractivity contribution in [2.45, 2.75) is 0 Å². The second kappa shape index (κ2) is 6.14. The van der Waals surface area contributed by atoms with Crippen molar-refractivity contribution in [1.29, 1.82) is 5.26 Å². The van der Waals surface area contributed by atoms with Gasteiger partial charge in [-0.05, 0) is 35.9 Å². The molecule has 1 fully saturated rings. The Kier molecular flexibility index (Phi) is 4.05. The second-order valence-electron chi connectivity index (χ2n) is 4.59. The molecule has 3 rings (SSSR count). The van der Waals surface area contributed by atoms with E-state index < -0.39 is 0 Å². The summed E-state index contributed by atoms with van der Waals surface area (Å²) in [7, 11) is 0. The third-order valence-electron chi connectivity index (χ3n) is 3.15. The molecule has 1 amide bonds. The minimum absolute atomic E-state index is 0.120. The topological polar surface area (TPSA) is 44.1 Å². The fourth-order valence-electron chi connectivity index (χ4n) is 2.07. The van der Waals surface area contributed by atoms with E-state index in [4.69, 9.17) is 17.5 Å². The zero-order chi connectivity index (χ0) is 15.5. The van der Waals surface area contributed by atoms with E-state index >= 15 is 0 Å². The molecule has 0 aromatic heterocycles. The van der Waals surface area contributed by atoms with Crippen molar-refractivity contribution in [1.82, 2.24) is 0 Å². The first-order valence-corrected chi connectivity index (χ1v) is 7.75. The van der Waals surface area contributed by atoms with Crippen LogP contribution in [0.25, 0.3) is 6.08 Å². The Labute approximate surface area is 137 Å². The van der Waals surface area contributed by atoms with Gasteiger partial charge in [0.1, 0.15) is 0 Å². The molecule has 106 valence electrons. The van der Waals surface area contributed by atoms with Crippen LogP contribution in [-0.2, 0) is 4.79 Å². The zero-order valence-electron chi connectivity index (χ0n) is 11.4. The highest BCUT2D eigenvalue weighted by Gasteiger charge is 2.33. The summed E-state index contributed by atoms with van der Waals surface area (Å²) in [5, 5.41) is 8.80. The number of hydrogen-bond acceptors (Lipinski definition) is 4. The van der Waals surface area contributed by atoms with Crippen molar-refractivity contribution in [2.75, 3.05) is 4.90 Å². The van der Waals surface area contributed by atoms with Gasteiger partial charge < -0.3 is 0 Å². The van der Waals surface area contributed by atoms with Crippen LogP contribution >= 0.6 is 24.0 Å². The number of amides is 1. The van der Waals surface area contributed by atoms with Gasteiger partial charge in [-0.15, -0.1) is 0 Å². The first-order chi connectivity index (χ1) is 10.7. The van der Waals surface area contributed by atoms with Gasteiger partial charge in [0, 0.05) is 0 Å². The molecule has 5 heteroatoms. The van der Waals surface area contributed by atoms with Crippen LogP contribution in [0.15, 0.2) is 59.5 Å². The average molecular weight is 322 g/mol. The zero-order valence-corrected chi connectivity index (χ0v) is 13.0. The normalized spacial score (nSPS) is 16.1. The third kappa shape index (κ3) is 2.80. The second-order valence-corrected chi connectivity index (χ2v) is 6.26. The Morgan fingerprint density at radius 1 is 1.09 bits per heavy atom. The van der Waals surface area contributed by atoms with Crippen LogP contribution in [0.2, 0.25) is 0 Å². The molecule has 2 aromatic rings. The molecule has 0 radical (unpaired) electrons. The molecule has 0 unspecified atom stereocenters. The number of thiocarbonyl (C=S) groups is 1. The minimum Gasteiger partial charge on any atom is -0.268 e. The highest BCUT2D eigenvalue weighted by Crippen LogP contribution is 2.35. The van der Waals surface area contributed by atoms with Gasteiger partial charge in [-0.1, -0.05) is 54.3 Å². The summed E-state index contributed by atoms with van der Waals surface area (Å²) in [6.07, 6.45) is 1.80. The van der Waals surface area contributed by atoms with E-state index in [0.29, 0.717) is 14.8 Å². The summed E-state index contributed by atoms with van der Waals surface area (Å²) in [5.74, 6) is -0.120. The lowest BCUT2D eigenvalue weighted by atomic mass is 10.1. The van der Waals surface area contributed by atoms with Crippen LogP contribution in [0, 0.1) is 11.3 Å². The molecular formula is C17H10N2OS2. The molecule has 1 heterocycles. The molecule has 1 aliphatic heterocycles. The lowest BCUT2D eigenvalue weighted by molar-refractivity contribution is -0.113. The van der Waals surface area contributed by atoms with E-state index in [1.54, 1.807) is 18.2 Å². The summed E-state index contributed by atoms with van der Waals surface area (Å²) in [4.78, 5) is 14.7. The summed E-state index contributed by atoms with van der Waals surface area (Å²) < 4.78 is 0.524. The molecule has 0 bridgehead atoms. The molecule has 3 nitrogen and oxygen atoms in total. The number of anilines is 1. The van der Waals surface area contributed by atoms with Crippen molar-refractivity contribution in [3.05, 3.63) is 70.6 Å². The van der Waals surface area contributed by atoms with Gasteiger partial charge >= 0.3 is 0 Å². The van der Waals surface area contributed by atoms with Crippen LogP contribution < -0.4 is 4.90 Å². The largest absolute Gasteiger partial charge is 0.270 e. The maximum atomic E-state index is 12.5. The smallest absolute Gasteiger partial charge is 0.268 e. The number of carbonyl (C=O) groups is 1. The maximum Gasteiger partial charge on any atom is 0.270 e. The van der Waals surface area contributed by atoms with Crippen LogP contribution in [0.1, 0.15) is 11.1 Å². The number of nitriles is 1. The van der Waals surface area contributed by atoms with Crippen molar-refractivity contribution < 1.29 is 4.79 Å². The van der Waals surface area contributed by atoms with Gasteiger partial charge in [-0.2, -0.15) is 5.26 Å². The van der Waals surface area contributed by atoms with Crippen molar-refractivity contribution >= 4 is 46.0 Å². The van der Waals surface area contributed by atoms with Crippen molar-refractivity contribution in [2.24, 2.45) is 0 Å². The first kappa shape index (κ1) is 14.5. The predicted molar refractivity (Wildman–Crippen MR) is 93.3 cm³/mol. The quantitative estimate of drug-likeness (QED) is 0.620. The molecule has 0 atom stereocenters. The van der Waals surface area contributed by atoms with Gasteiger partial charge in [0.15, 0.2) is 4.32 Å². The predicted octanol–water partition coefficient (Wildman–Crippen LogP) is 3.96. The molecule has 2 aromatic carbocycles. The Morgan fingerprint density at radius 2 is 1.77 bits per heavy atom. The van der Waals surface area contributed by atoms with Crippen LogP contribution in [0.3, 0.4) is 0 Å². The number of carbonyl (C=O) groups excluding carboxylic acids is 1. The number of nitrogens with zero attached hydrogens (tertiary/aromatic N) is 2. The van der Waals surface area contributed by atoms with Crippen molar-refractivity contribution in [3.63, 3.8) is 0 Å². The van der Waals surface area contributed by atoms with E-state index in [2.05, 4.69) is 6.07 Å². The van der Waals surface area contributed by atoms with Gasteiger partial charge in [-0.25, -0.2) is 0 Å². The van der Waals surface area contributed by atoms with Gasteiger partial charge in [-0.3, -0.25) is 9.69 Å². The summed E-state index contributed by atoms with van der Waals surface area (Å²) >= 11 is 6.60. The Balaban J connectivity index is 1.90. The fraction of sp³-hybridized carbons (Fsp3) is 0. The maximum absolute atomic E-state index is 12.5. The lowest BCUT2D eigenvalue weighted by Crippen LogP contribution is -2.27. The number of hydrogen-bond donors (Lipinski definition) is 0. The van der Waals surface area contributed by atoms with Gasteiger partial charge in [0.25, 0.3) is 5.91 Å². The molecule has 1 aliphatic rings. The molecule has 0 saturated carbocycles. The summed E-state index contributed by atoms with van der Waals surface area (Å²) in [5.41, 5.74) is 2.23. The van der Waals surface area contributed by atoms with Gasteiger partial charge in [0.05, 0.1) is 22.2 Å². The van der Waals surface area contributed by atoms with E-state index in [-0.39, 0.29) is 5.91 Å². The SMILES string of the molecule is N#Cc1ccc(C=C2SC(=S)N(c3ccccc3)C2=O)cc1. The molecule has 1 saturated heterocycles. The van der Waals surface area contributed by atoms with Crippen molar-refractivity contribution in [3.8, 4) is 6.07 Å². The average Bonchev–Trinajstić information content (AvgIpc) is 2.83. The monoisotopic (exact) mass is 322 g/mol. The third-order valence-corrected chi connectivity index (χ3v) is 4.45. The highest BCUT2D eigenvalue weighted by atomic mass is 32.2. The minimum atomic E-state index is -0.120. The summed E-state index contributed by atoms with van der Waals surface area (Å²) in [6.45, 7) is 0. The van der Waals surface area contributed by atoms with E-state index in [9.17, 15) is 4.79 Å². The molecule has 0 spiro atoms. The standard InChI is InChI=1S/C17H10N2OS2/c18-11-13-8-6-12(7-9-13)10-15-16(20)19(17(21)22-15)14-4-2-1-3-5-14/h1-10H. The molecular weight excluding hydrogens is 312 g/mol. The van der Waals surface area contributed by atoms with E-state index in [1.807, 2.05) is 42.5 Å². The van der Waals surface area contributed by atoms with E-state index in [0.717, 1.165) is 11.3 Å². The highest BCUT2D eigenvalue weighted by molar-refractivity contribution is 8.27. The van der Waals surface area contributed by atoms with Crippen LogP contribution in [0.5, 0.6) is 0 Å². The first-order valence-electron chi connectivity index (χ1n) is 6.52. The fourth-order valence-corrected chi connectivity index (χ4v) is 3.37. The number of thioether (sulfide) groups is 1. The number of para-hydroxylation sites is 1.